The molecule has 9 heteroatoms. The van der Waals surface area contributed by atoms with E-state index in [-0.39, 0.29) is 6.04 Å². The van der Waals surface area contributed by atoms with Crippen molar-refractivity contribution in [2.24, 2.45) is 0 Å². The molecule has 0 aliphatic carbocycles. The number of piperidine rings is 1. The summed E-state index contributed by atoms with van der Waals surface area (Å²) < 4.78 is 28.2. The van der Waals surface area contributed by atoms with Gasteiger partial charge in [-0.2, -0.15) is 22.1 Å². The Morgan fingerprint density at radius 1 is 1.16 bits per heavy atom. The second-order valence-corrected chi connectivity index (χ2v) is 8.67. The largest absolute Gasteiger partial charge is 0.282 e. The van der Waals surface area contributed by atoms with Crippen molar-refractivity contribution in [1.29, 1.82) is 0 Å². The molecule has 1 fully saturated rings. The second kappa shape index (κ2) is 6.81. The maximum Gasteiger partial charge on any atom is 0.282 e. The lowest BCUT2D eigenvalue weighted by molar-refractivity contribution is 0.238. The number of hydrogen-bond acceptors (Lipinski definition) is 5. The van der Waals surface area contributed by atoms with Crippen LogP contribution in [0.15, 0.2) is 12.1 Å². The van der Waals surface area contributed by atoms with Crippen LogP contribution in [0.5, 0.6) is 0 Å². The number of rotatable bonds is 4. The Labute approximate surface area is 148 Å². The van der Waals surface area contributed by atoms with E-state index in [1.54, 1.807) is 18.4 Å². The number of H-pyrrole nitrogens is 1. The molecule has 1 aliphatic heterocycles. The maximum atomic E-state index is 12.7. The highest BCUT2D eigenvalue weighted by Crippen LogP contribution is 2.34. The molecule has 0 aromatic carbocycles. The molecular formula is C16H24N6O2S. The predicted molar refractivity (Wildman–Crippen MR) is 95.0 cm³/mol. The quantitative estimate of drug-likeness (QED) is 0.893. The van der Waals surface area contributed by atoms with E-state index in [0.717, 1.165) is 36.3 Å². The van der Waals surface area contributed by atoms with E-state index in [0.29, 0.717) is 18.1 Å². The maximum absolute atomic E-state index is 12.7. The molecule has 3 heterocycles. The Morgan fingerprint density at radius 2 is 1.92 bits per heavy atom. The van der Waals surface area contributed by atoms with Crippen LogP contribution in [0.4, 0.5) is 0 Å². The van der Waals surface area contributed by atoms with Crippen LogP contribution in [0, 0.1) is 13.8 Å². The van der Waals surface area contributed by atoms with Crippen LogP contribution >= 0.6 is 0 Å². The molecule has 3 rings (SSSR count). The van der Waals surface area contributed by atoms with Crippen molar-refractivity contribution < 1.29 is 8.42 Å². The number of nitrogens with zero attached hydrogens (tertiary/aromatic N) is 5. The van der Waals surface area contributed by atoms with Crippen molar-refractivity contribution in [3.63, 3.8) is 0 Å². The third-order valence-electron chi connectivity index (χ3n) is 4.38. The van der Waals surface area contributed by atoms with Gasteiger partial charge in [0.05, 0.1) is 17.4 Å². The third kappa shape index (κ3) is 3.58. The Bertz CT molecular complexity index is 861. The molecular weight excluding hydrogens is 340 g/mol. The number of hydrogen-bond donors (Lipinski definition) is 1. The minimum absolute atomic E-state index is 0.276. The van der Waals surface area contributed by atoms with Crippen LogP contribution in [0.25, 0.3) is 11.4 Å². The van der Waals surface area contributed by atoms with E-state index in [1.807, 2.05) is 26.0 Å². The summed E-state index contributed by atoms with van der Waals surface area (Å²) in [5, 5.41) is 7.16. The third-order valence-corrected chi connectivity index (χ3v) is 6.33. The molecule has 136 valence electrons. The van der Waals surface area contributed by atoms with Gasteiger partial charge in [0.25, 0.3) is 10.2 Å². The minimum atomic E-state index is -3.50. The van der Waals surface area contributed by atoms with E-state index < -0.39 is 10.2 Å². The summed E-state index contributed by atoms with van der Waals surface area (Å²) in [6.07, 6.45) is 2.59. The highest BCUT2D eigenvalue weighted by Gasteiger charge is 2.35. The smallest absolute Gasteiger partial charge is 0.282 e. The molecule has 25 heavy (non-hydrogen) atoms. The Morgan fingerprint density at radius 3 is 2.56 bits per heavy atom. The summed E-state index contributed by atoms with van der Waals surface area (Å²) in [6, 6.07) is 3.50. The van der Waals surface area contributed by atoms with Crippen LogP contribution in [0.3, 0.4) is 0 Å². The van der Waals surface area contributed by atoms with Gasteiger partial charge in [-0.3, -0.25) is 5.10 Å². The molecule has 1 aliphatic rings. The van der Waals surface area contributed by atoms with Crippen LogP contribution in [-0.4, -0.2) is 57.8 Å². The predicted octanol–water partition coefficient (Wildman–Crippen LogP) is 1.82. The van der Waals surface area contributed by atoms with Gasteiger partial charge in [0.1, 0.15) is 11.5 Å². The van der Waals surface area contributed by atoms with Gasteiger partial charge in [0.15, 0.2) is 0 Å². The fourth-order valence-corrected chi connectivity index (χ4v) is 4.44. The summed E-state index contributed by atoms with van der Waals surface area (Å²) >= 11 is 0. The minimum Gasteiger partial charge on any atom is -0.282 e. The zero-order chi connectivity index (χ0) is 18.2. The SMILES string of the molecule is Cc1nc(-c2cc(C)[nH]n2)cc([C@H]2CCCCN2S(=O)(=O)N(C)C)n1. The summed E-state index contributed by atoms with van der Waals surface area (Å²) in [5.41, 5.74) is 3.12. The Kier molecular flexibility index (Phi) is 4.90. The monoisotopic (exact) mass is 364 g/mol. The molecule has 0 bridgehead atoms. The van der Waals surface area contributed by atoms with Gasteiger partial charge in [-0.1, -0.05) is 6.42 Å². The van der Waals surface area contributed by atoms with Gasteiger partial charge in [0.2, 0.25) is 0 Å². The zero-order valence-corrected chi connectivity index (χ0v) is 15.8. The van der Waals surface area contributed by atoms with E-state index in [4.69, 9.17) is 0 Å². The molecule has 8 nitrogen and oxygen atoms in total. The molecule has 1 saturated heterocycles. The van der Waals surface area contributed by atoms with E-state index in [9.17, 15) is 8.42 Å². The van der Waals surface area contributed by atoms with Gasteiger partial charge in [-0.05, 0) is 38.8 Å². The van der Waals surface area contributed by atoms with Crippen LogP contribution in [-0.2, 0) is 10.2 Å². The lowest BCUT2D eigenvalue weighted by atomic mass is 10.0. The molecule has 2 aromatic rings. The first-order chi connectivity index (χ1) is 11.8. The van der Waals surface area contributed by atoms with E-state index in [2.05, 4.69) is 20.2 Å². The highest BCUT2D eigenvalue weighted by molar-refractivity contribution is 7.86. The normalized spacial score (nSPS) is 19.5. The molecule has 0 radical (unpaired) electrons. The topological polar surface area (TPSA) is 95.1 Å². The van der Waals surface area contributed by atoms with Crippen molar-refractivity contribution in [2.75, 3.05) is 20.6 Å². The molecule has 0 saturated carbocycles. The number of aromatic amines is 1. The summed E-state index contributed by atoms with van der Waals surface area (Å²) in [6.45, 7) is 4.25. The van der Waals surface area contributed by atoms with Crippen molar-refractivity contribution >= 4 is 10.2 Å². The zero-order valence-electron chi connectivity index (χ0n) is 15.0. The average Bonchev–Trinajstić information content (AvgIpc) is 3.00. The van der Waals surface area contributed by atoms with Crippen molar-refractivity contribution in [2.45, 2.75) is 39.2 Å². The summed E-state index contributed by atoms with van der Waals surface area (Å²) in [5.74, 6) is 0.612. The molecule has 0 spiro atoms. The van der Waals surface area contributed by atoms with Crippen LogP contribution in [0.2, 0.25) is 0 Å². The molecule has 1 atom stereocenters. The van der Waals surface area contributed by atoms with Gasteiger partial charge < -0.3 is 0 Å². The molecule has 0 unspecified atom stereocenters. The van der Waals surface area contributed by atoms with E-state index in [1.165, 1.54) is 4.31 Å². The van der Waals surface area contributed by atoms with E-state index >= 15 is 0 Å². The molecule has 1 N–H and O–H groups in total. The van der Waals surface area contributed by atoms with Gasteiger partial charge >= 0.3 is 0 Å². The fraction of sp³-hybridized carbons (Fsp3) is 0.562. The lowest BCUT2D eigenvalue weighted by Crippen LogP contribution is -2.44. The lowest BCUT2D eigenvalue weighted by Gasteiger charge is -2.35. The number of aromatic nitrogens is 4. The molecule has 2 aromatic heterocycles. The first-order valence-electron chi connectivity index (χ1n) is 8.36. The van der Waals surface area contributed by atoms with Gasteiger partial charge in [-0.15, -0.1) is 0 Å². The van der Waals surface area contributed by atoms with Crippen molar-refractivity contribution in [1.82, 2.24) is 28.8 Å². The standard InChI is InChI=1S/C16H24N6O2S/c1-11-9-14(20-19-11)13-10-15(18-12(2)17-13)16-7-5-6-8-22(16)25(23,24)21(3)4/h9-10,16H,5-8H2,1-4H3,(H,19,20)/t16-/m1/s1. The Hall–Kier alpha value is -1.84. The fourth-order valence-electron chi connectivity index (χ4n) is 3.13. The average molecular weight is 364 g/mol. The first-order valence-corrected chi connectivity index (χ1v) is 9.76. The van der Waals surface area contributed by atoms with Crippen LogP contribution in [0.1, 0.15) is 42.5 Å². The first kappa shape index (κ1) is 18.0. The summed E-state index contributed by atoms with van der Waals surface area (Å²) in [4.78, 5) is 9.00. The van der Waals surface area contributed by atoms with Gasteiger partial charge in [0, 0.05) is 26.3 Å². The number of nitrogens with one attached hydrogen (secondary N) is 1. The molecule has 0 amide bonds. The van der Waals surface area contributed by atoms with Crippen molar-refractivity contribution in [3.8, 4) is 11.4 Å². The Balaban J connectivity index is 2.03. The van der Waals surface area contributed by atoms with Crippen LogP contribution < -0.4 is 0 Å². The van der Waals surface area contributed by atoms with Crippen molar-refractivity contribution in [3.05, 3.63) is 29.3 Å². The highest BCUT2D eigenvalue weighted by atomic mass is 32.2. The van der Waals surface area contributed by atoms with Gasteiger partial charge in [-0.25, -0.2) is 9.97 Å². The summed E-state index contributed by atoms with van der Waals surface area (Å²) in [7, 11) is -0.380. The number of aryl methyl sites for hydroxylation is 2. The second-order valence-electron chi connectivity index (χ2n) is 6.57.